The molecule has 0 saturated heterocycles. The fourth-order valence-corrected chi connectivity index (χ4v) is 16.5. The van der Waals surface area contributed by atoms with E-state index in [0.29, 0.717) is 5.04 Å². The fourth-order valence-electron chi connectivity index (χ4n) is 5.67. The molecule has 0 radical (unpaired) electrons. The molecule has 2 atom stereocenters. The van der Waals surface area contributed by atoms with Crippen molar-refractivity contribution in [1.29, 1.82) is 0 Å². The Hall–Kier alpha value is -0.369. The predicted molar refractivity (Wildman–Crippen MR) is 127 cm³/mol. The molecule has 1 aromatic rings. The van der Waals surface area contributed by atoms with E-state index in [2.05, 4.69) is 83.7 Å². The fraction of sp³-hybridized carbons (Fsp3) is 0.615. The Morgan fingerprint density at radius 3 is 1.86 bits per heavy atom. The summed E-state index contributed by atoms with van der Waals surface area (Å²) in [7, 11) is -1.78. The number of hydrogen-bond donors (Lipinski definition) is 0. The van der Waals surface area contributed by atoms with Crippen molar-refractivity contribution in [2.75, 3.05) is 0 Å². The van der Waals surface area contributed by atoms with Crippen LogP contribution in [0.15, 0.2) is 38.8 Å². The third kappa shape index (κ3) is 3.84. The second-order valence-corrected chi connectivity index (χ2v) is 18.2. The van der Waals surface area contributed by atoms with Crippen LogP contribution in [0, 0.1) is 0 Å². The molecule has 2 rings (SSSR count). The van der Waals surface area contributed by atoms with Crippen LogP contribution in [0.25, 0.3) is 0 Å². The number of hydrogen-bond acceptors (Lipinski definition) is 0. The quantitative estimate of drug-likeness (QED) is 0.366. The van der Waals surface area contributed by atoms with Gasteiger partial charge in [0.05, 0.1) is 0 Å². The van der Waals surface area contributed by atoms with E-state index in [9.17, 15) is 0 Å². The van der Waals surface area contributed by atoms with Crippen molar-refractivity contribution in [1.82, 2.24) is 0 Å². The summed E-state index contributed by atoms with van der Waals surface area (Å²) in [5.41, 5.74) is 8.02. The molecule has 155 valence electrons. The zero-order valence-corrected chi connectivity index (χ0v) is 22.8. The van der Waals surface area contributed by atoms with Crippen molar-refractivity contribution in [3.63, 3.8) is 0 Å². The monoisotopic (exact) mass is 431 g/mol. The van der Waals surface area contributed by atoms with E-state index in [4.69, 9.17) is 0 Å². The number of benzene rings is 1. The molecule has 0 saturated carbocycles. The summed E-state index contributed by atoms with van der Waals surface area (Å²) in [4.78, 5) is 0. The Bertz CT molecular complexity index is 763. The van der Waals surface area contributed by atoms with Crippen LogP contribution in [0.2, 0.25) is 28.1 Å². The molecule has 1 aliphatic rings. The van der Waals surface area contributed by atoms with Crippen LogP contribution in [0.3, 0.4) is 0 Å². The van der Waals surface area contributed by atoms with Crippen LogP contribution in [-0.4, -0.2) is 8.07 Å². The van der Waals surface area contributed by atoms with Crippen LogP contribution in [0.4, 0.5) is 0 Å². The molecule has 0 heterocycles. The number of unbranched alkanes of at least 4 members (excludes halogenated alkanes) is 1. The zero-order chi connectivity index (χ0) is 21.3. The number of aryl methyl sites for hydroxylation is 2. The van der Waals surface area contributed by atoms with Crippen LogP contribution < -0.4 is 5.19 Å². The summed E-state index contributed by atoms with van der Waals surface area (Å²) in [5.74, 6) is 0. The van der Waals surface area contributed by atoms with E-state index < -0.39 is 25.9 Å². The average molecular weight is 432 g/mol. The molecule has 0 amide bonds. The van der Waals surface area contributed by atoms with Gasteiger partial charge in [-0.3, -0.25) is 0 Å². The van der Waals surface area contributed by atoms with Crippen molar-refractivity contribution in [2.45, 2.75) is 102 Å². The topological polar surface area (TPSA) is 0 Å². The second kappa shape index (κ2) is 9.19. The molecule has 1 aliphatic carbocycles. The number of allylic oxidation sites excluding steroid dienone is 4. The molecule has 0 bridgehead atoms. The normalized spacial score (nSPS) is 22.1. The first kappa shape index (κ1) is 23.9. The molecular weight excluding hydrogens is 388 g/mol. The minimum atomic E-state index is -1.78. The first-order valence-corrected chi connectivity index (χ1v) is 18.0. The summed E-state index contributed by atoms with van der Waals surface area (Å²) in [6.07, 6.45) is 4.95. The Balaban J connectivity index is 2.82. The third-order valence-corrected chi connectivity index (χ3v) is 17.0. The second-order valence-electron chi connectivity index (χ2n) is 9.56. The van der Waals surface area contributed by atoms with Crippen molar-refractivity contribution in [3.8, 4) is 0 Å². The zero-order valence-electron chi connectivity index (χ0n) is 20.3. The van der Waals surface area contributed by atoms with Gasteiger partial charge in [0.1, 0.15) is 0 Å². The van der Waals surface area contributed by atoms with E-state index in [1.54, 1.807) is 21.9 Å². The maximum atomic E-state index is 2.73. The van der Waals surface area contributed by atoms with Gasteiger partial charge in [-0.15, -0.1) is 0 Å². The van der Waals surface area contributed by atoms with Gasteiger partial charge in [0.25, 0.3) is 0 Å². The number of rotatable bonds is 8. The first-order valence-electron chi connectivity index (χ1n) is 11.4. The third-order valence-electron chi connectivity index (χ3n) is 7.89. The van der Waals surface area contributed by atoms with Crippen LogP contribution in [-0.2, 0) is 30.7 Å². The van der Waals surface area contributed by atoms with Crippen LogP contribution in [0.1, 0.15) is 72.4 Å². The molecule has 0 N–H and O–H groups in total. The molecule has 2 unspecified atom stereocenters. The van der Waals surface area contributed by atoms with Gasteiger partial charge in [0.15, 0.2) is 0 Å². The molecular formula is C26H43SiTi. The Labute approximate surface area is 182 Å². The Kier molecular flexibility index (Phi) is 7.85. The molecule has 0 spiro atoms. The van der Waals surface area contributed by atoms with Crippen molar-refractivity contribution in [2.24, 2.45) is 0 Å². The van der Waals surface area contributed by atoms with Gasteiger partial charge >= 0.3 is 183 Å². The van der Waals surface area contributed by atoms with Crippen molar-refractivity contribution in [3.05, 3.63) is 49.9 Å². The van der Waals surface area contributed by atoms with Gasteiger partial charge < -0.3 is 0 Å². The molecule has 28 heavy (non-hydrogen) atoms. The minimum absolute atomic E-state index is 0.298. The summed E-state index contributed by atoms with van der Waals surface area (Å²) in [6.45, 7) is 19.7. The van der Waals surface area contributed by atoms with Gasteiger partial charge in [-0.05, 0) is 0 Å². The Morgan fingerprint density at radius 1 is 0.893 bits per heavy atom. The molecule has 1 aromatic carbocycles. The maximum absolute atomic E-state index is 2.73. The van der Waals surface area contributed by atoms with Gasteiger partial charge in [-0.1, -0.05) is 0 Å². The van der Waals surface area contributed by atoms with Gasteiger partial charge in [-0.25, -0.2) is 0 Å². The van der Waals surface area contributed by atoms with E-state index in [-0.39, 0.29) is 0 Å². The summed E-state index contributed by atoms with van der Waals surface area (Å²) in [5, 5.41) is 7.18. The predicted octanol–water partition coefficient (Wildman–Crippen LogP) is 8.00. The summed E-state index contributed by atoms with van der Waals surface area (Å²) < 4.78 is 1.90. The molecule has 0 nitrogen and oxygen atoms in total. The van der Waals surface area contributed by atoms with Crippen molar-refractivity contribution < 1.29 is 17.9 Å². The van der Waals surface area contributed by atoms with E-state index in [0.717, 1.165) is 12.8 Å². The SMILES string of the molecule is CCCC[Si](C)(c1cc(CC)cc(CC)c1)C1(C)C(C)=C(C)C(C)=[C]1[Ti]([CH3])[CH3]. The summed E-state index contributed by atoms with van der Waals surface area (Å²) >= 11 is -1.21. The van der Waals surface area contributed by atoms with Gasteiger partial charge in [0, 0.05) is 0 Å². The molecule has 2 heteroatoms. The van der Waals surface area contributed by atoms with Crippen molar-refractivity contribution >= 4 is 13.3 Å². The van der Waals surface area contributed by atoms with Gasteiger partial charge in [0.2, 0.25) is 0 Å². The standard InChI is InChI=1S/C24H37Si.2CH3.Ti/c1-9-12-13-25(8,24(7)17-18(4)19(5)20(24)6)23-15-21(10-2)14-22(11-3)16-23;;;/h14-16H,9-13H2,1-8H3;2*1H3;. The summed E-state index contributed by atoms with van der Waals surface area (Å²) in [6, 6.07) is 9.06. The average Bonchev–Trinajstić information content (AvgIpc) is 2.86. The van der Waals surface area contributed by atoms with Crippen LogP contribution in [0.5, 0.6) is 0 Å². The first-order chi connectivity index (χ1) is 13.1. The van der Waals surface area contributed by atoms with E-state index in [1.807, 2.05) is 3.88 Å². The molecule has 0 fully saturated rings. The van der Waals surface area contributed by atoms with Gasteiger partial charge in [-0.2, -0.15) is 0 Å². The van der Waals surface area contributed by atoms with Crippen LogP contribution >= 0.6 is 0 Å². The Morgan fingerprint density at radius 2 is 1.43 bits per heavy atom. The molecule has 0 aliphatic heterocycles. The molecule has 0 aromatic heterocycles. The van der Waals surface area contributed by atoms with E-state index >= 15 is 0 Å². The van der Waals surface area contributed by atoms with E-state index in [1.165, 1.54) is 30.0 Å².